The Morgan fingerprint density at radius 2 is 2.06 bits per heavy atom. The first-order valence-corrected chi connectivity index (χ1v) is 6.88. The first kappa shape index (κ1) is 13.4. The third-order valence-corrected chi connectivity index (χ3v) is 3.64. The number of sulfonamides is 1. The molecule has 0 unspecified atom stereocenters. The van der Waals surface area contributed by atoms with E-state index in [0.29, 0.717) is 18.1 Å². The normalized spacial score (nSPS) is 11.6. The van der Waals surface area contributed by atoms with Crippen molar-refractivity contribution in [2.45, 2.75) is 11.8 Å². The molecule has 0 aromatic heterocycles. The van der Waals surface area contributed by atoms with Crippen molar-refractivity contribution >= 4 is 21.6 Å². The lowest BCUT2D eigenvalue weighted by Gasteiger charge is -2.07. The van der Waals surface area contributed by atoms with Crippen LogP contribution in [0.5, 0.6) is 0 Å². The Balaban J connectivity index is 2.64. The van der Waals surface area contributed by atoms with Gasteiger partial charge in [0.25, 0.3) is 0 Å². The van der Waals surface area contributed by atoms with E-state index >= 15 is 0 Å². The molecule has 0 spiro atoms. The summed E-state index contributed by atoms with van der Waals surface area (Å²) in [6.45, 7) is 3.75. The second-order valence-corrected chi connectivity index (χ2v) is 5.41. The van der Waals surface area contributed by atoms with Crippen molar-refractivity contribution in [1.29, 1.82) is 0 Å². The second-order valence-electron chi connectivity index (χ2n) is 3.21. The predicted octanol–water partition coefficient (Wildman–Crippen LogP) is 1.23. The minimum atomic E-state index is -3.44. The average Bonchev–Trinajstić information content (AvgIpc) is 2.24. The van der Waals surface area contributed by atoms with Gasteiger partial charge in [0.05, 0.1) is 4.90 Å². The maximum absolute atomic E-state index is 11.8. The molecular formula is C10H15ClN2O2S. The highest BCUT2D eigenvalue weighted by Crippen LogP contribution is 2.14. The van der Waals surface area contributed by atoms with E-state index in [4.69, 9.17) is 11.6 Å². The molecule has 0 aliphatic rings. The highest BCUT2D eigenvalue weighted by molar-refractivity contribution is 7.89. The number of hydrogen-bond acceptors (Lipinski definition) is 3. The van der Waals surface area contributed by atoms with E-state index < -0.39 is 10.0 Å². The van der Waals surface area contributed by atoms with Gasteiger partial charge in [-0.25, -0.2) is 13.1 Å². The minimum absolute atomic E-state index is 0.191. The summed E-state index contributed by atoms with van der Waals surface area (Å²) < 4.78 is 26.0. The standard InChI is InChI=1S/C10H15ClN2O2S/c1-2-12-6-7-13-16(14,15)10-5-3-4-9(11)8-10/h3-5,8,12-13H,2,6-7H2,1H3. The van der Waals surface area contributed by atoms with Crippen LogP contribution in [0.2, 0.25) is 5.02 Å². The Morgan fingerprint density at radius 1 is 1.31 bits per heavy atom. The van der Waals surface area contributed by atoms with Crippen molar-refractivity contribution in [2.75, 3.05) is 19.6 Å². The number of hydrogen-bond donors (Lipinski definition) is 2. The lowest BCUT2D eigenvalue weighted by molar-refractivity contribution is 0.577. The second kappa shape index (κ2) is 6.20. The van der Waals surface area contributed by atoms with E-state index in [1.54, 1.807) is 12.1 Å². The van der Waals surface area contributed by atoms with Gasteiger partial charge in [-0.3, -0.25) is 0 Å². The largest absolute Gasteiger partial charge is 0.316 e. The first-order valence-electron chi connectivity index (χ1n) is 5.02. The number of nitrogens with one attached hydrogen (secondary N) is 2. The Kier molecular flexibility index (Phi) is 5.21. The van der Waals surface area contributed by atoms with Crippen molar-refractivity contribution in [1.82, 2.24) is 10.0 Å². The van der Waals surface area contributed by atoms with Gasteiger partial charge in [0.15, 0.2) is 0 Å². The fourth-order valence-electron chi connectivity index (χ4n) is 1.17. The fourth-order valence-corrected chi connectivity index (χ4v) is 2.50. The third kappa shape index (κ3) is 4.09. The lowest BCUT2D eigenvalue weighted by Crippen LogP contribution is -2.31. The average molecular weight is 263 g/mol. The van der Waals surface area contributed by atoms with E-state index in [-0.39, 0.29) is 4.90 Å². The lowest BCUT2D eigenvalue weighted by atomic mass is 10.4. The maximum atomic E-state index is 11.8. The molecule has 1 aromatic carbocycles. The summed E-state index contributed by atoms with van der Waals surface area (Å²) in [5, 5.41) is 3.44. The maximum Gasteiger partial charge on any atom is 0.240 e. The van der Waals surface area contributed by atoms with Crippen LogP contribution in [0, 0.1) is 0 Å². The molecule has 0 amide bonds. The zero-order valence-electron chi connectivity index (χ0n) is 9.03. The van der Waals surface area contributed by atoms with Gasteiger partial charge < -0.3 is 5.32 Å². The van der Waals surface area contributed by atoms with Crippen molar-refractivity contribution in [3.8, 4) is 0 Å². The van der Waals surface area contributed by atoms with Crippen LogP contribution in [-0.4, -0.2) is 28.1 Å². The molecule has 0 saturated heterocycles. The first-order chi connectivity index (χ1) is 7.56. The molecule has 16 heavy (non-hydrogen) atoms. The molecule has 4 nitrogen and oxygen atoms in total. The number of benzene rings is 1. The Bertz CT molecular complexity index is 434. The monoisotopic (exact) mass is 262 g/mol. The Labute approximate surface area is 101 Å². The minimum Gasteiger partial charge on any atom is -0.316 e. The highest BCUT2D eigenvalue weighted by Gasteiger charge is 2.12. The summed E-state index contributed by atoms with van der Waals surface area (Å²) in [7, 11) is -3.44. The fraction of sp³-hybridized carbons (Fsp3) is 0.400. The smallest absolute Gasteiger partial charge is 0.240 e. The van der Waals surface area contributed by atoms with Crippen LogP contribution in [0.15, 0.2) is 29.2 Å². The molecule has 0 fully saturated rings. The van der Waals surface area contributed by atoms with E-state index in [2.05, 4.69) is 10.0 Å². The van der Waals surface area contributed by atoms with Crippen LogP contribution in [0.1, 0.15) is 6.92 Å². The van der Waals surface area contributed by atoms with Crippen LogP contribution in [0.4, 0.5) is 0 Å². The molecule has 1 aromatic rings. The van der Waals surface area contributed by atoms with E-state index in [1.165, 1.54) is 12.1 Å². The van der Waals surface area contributed by atoms with Crippen LogP contribution < -0.4 is 10.0 Å². The molecule has 0 radical (unpaired) electrons. The van der Waals surface area contributed by atoms with E-state index in [9.17, 15) is 8.42 Å². The predicted molar refractivity (Wildman–Crippen MR) is 65.2 cm³/mol. The summed E-state index contributed by atoms with van der Waals surface area (Å²) in [5.74, 6) is 0. The molecule has 2 N–H and O–H groups in total. The molecule has 1 rings (SSSR count). The van der Waals surface area contributed by atoms with Gasteiger partial charge in [-0.15, -0.1) is 0 Å². The molecule has 0 aliphatic heterocycles. The van der Waals surface area contributed by atoms with Crippen LogP contribution in [0.3, 0.4) is 0 Å². The summed E-state index contributed by atoms with van der Waals surface area (Å²) in [5.41, 5.74) is 0. The Morgan fingerprint density at radius 3 is 2.69 bits per heavy atom. The van der Waals surface area contributed by atoms with Gasteiger partial charge in [0.2, 0.25) is 10.0 Å². The molecule has 0 atom stereocenters. The van der Waals surface area contributed by atoms with E-state index in [1.807, 2.05) is 6.92 Å². The van der Waals surface area contributed by atoms with Crippen LogP contribution >= 0.6 is 11.6 Å². The van der Waals surface area contributed by atoms with Gasteiger partial charge in [-0.1, -0.05) is 24.6 Å². The zero-order chi connectivity index (χ0) is 12.0. The van der Waals surface area contributed by atoms with Gasteiger partial charge >= 0.3 is 0 Å². The molecule has 90 valence electrons. The van der Waals surface area contributed by atoms with Crippen LogP contribution in [-0.2, 0) is 10.0 Å². The summed E-state index contributed by atoms with van der Waals surface area (Å²) in [4.78, 5) is 0.191. The molecular weight excluding hydrogens is 248 g/mol. The number of likely N-dealkylation sites (N-methyl/N-ethyl adjacent to an activating group) is 1. The topological polar surface area (TPSA) is 58.2 Å². The van der Waals surface area contributed by atoms with Crippen LogP contribution in [0.25, 0.3) is 0 Å². The SMILES string of the molecule is CCNCCNS(=O)(=O)c1cccc(Cl)c1. The van der Waals surface area contributed by atoms with Gasteiger partial charge in [0, 0.05) is 18.1 Å². The van der Waals surface area contributed by atoms with Crippen molar-refractivity contribution in [3.05, 3.63) is 29.3 Å². The molecule has 0 bridgehead atoms. The van der Waals surface area contributed by atoms with Gasteiger partial charge in [-0.05, 0) is 24.7 Å². The molecule has 6 heteroatoms. The highest BCUT2D eigenvalue weighted by atomic mass is 35.5. The number of rotatable bonds is 6. The number of halogens is 1. The van der Waals surface area contributed by atoms with Crippen molar-refractivity contribution in [3.63, 3.8) is 0 Å². The third-order valence-electron chi connectivity index (χ3n) is 1.95. The van der Waals surface area contributed by atoms with Gasteiger partial charge in [-0.2, -0.15) is 0 Å². The van der Waals surface area contributed by atoms with E-state index in [0.717, 1.165) is 6.54 Å². The Hall–Kier alpha value is -0.620. The summed E-state index contributed by atoms with van der Waals surface area (Å²) in [6.07, 6.45) is 0. The molecule has 0 aliphatic carbocycles. The van der Waals surface area contributed by atoms with Crippen molar-refractivity contribution < 1.29 is 8.42 Å². The van der Waals surface area contributed by atoms with Gasteiger partial charge in [0.1, 0.15) is 0 Å². The quantitative estimate of drug-likeness (QED) is 0.758. The molecule has 0 saturated carbocycles. The van der Waals surface area contributed by atoms with Crippen molar-refractivity contribution in [2.24, 2.45) is 0 Å². The zero-order valence-corrected chi connectivity index (χ0v) is 10.6. The summed E-state index contributed by atoms with van der Waals surface area (Å²) >= 11 is 5.73. The molecule has 0 heterocycles. The summed E-state index contributed by atoms with van der Waals surface area (Å²) in [6, 6.07) is 6.19.